The fraction of sp³-hybridized carbons (Fsp3) is 0.267. The number of thiazole rings is 1. The summed E-state index contributed by atoms with van der Waals surface area (Å²) in [5.41, 5.74) is 8.78. The minimum absolute atomic E-state index is 0.246. The van der Waals surface area contributed by atoms with Crippen molar-refractivity contribution in [1.82, 2.24) is 15.0 Å². The van der Waals surface area contributed by atoms with Crippen molar-refractivity contribution in [3.05, 3.63) is 30.1 Å². The zero-order chi connectivity index (χ0) is 15.7. The van der Waals surface area contributed by atoms with Gasteiger partial charge in [-0.25, -0.2) is 15.0 Å². The number of aryl methyl sites for hydroxylation is 1. The molecule has 0 atom stereocenters. The summed E-state index contributed by atoms with van der Waals surface area (Å²) in [5, 5.41) is 7.16. The number of nitrogens with two attached hydrogens (primary N) is 1. The SMILES string of the molecule is Cc1cccc2sc(Nc3ncnc(NC(C)C)c3N)nc12. The van der Waals surface area contributed by atoms with Crippen LogP contribution in [-0.2, 0) is 0 Å². The van der Waals surface area contributed by atoms with E-state index >= 15 is 0 Å². The maximum Gasteiger partial charge on any atom is 0.189 e. The molecule has 3 aromatic rings. The topological polar surface area (TPSA) is 88.8 Å². The number of nitrogen functional groups attached to an aromatic ring is 1. The van der Waals surface area contributed by atoms with Gasteiger partial charge < -0.3 is 16.4 Å². The largest absolute Gasteiger partial charge is 0.393 e. The highest BCUT2D eigenvalue weighted by atomic mass is 32.1. The van der Waals surface area contributed by atoms with Crippen LogP contribution in [0.25, 0.3) is 10.2 Å². The lowest BCUT2D eigenvalue weighted by Crippen LogP contribution is -2.14. The van der Waals surface area contributed by atoms with Gasteiger partial charge in [0.15, 0.2) is 16.8 Å². The Morgan fingerprint density at radius 1 is 1.18 bits per heavy atom. The van der Waals surface area contributed by atoms with Crippen LogP contribution in [0, 0.1) is 6.92 Å². The first-order valence-electron chi connectivity index (χ1n) is 7.05. The highest BCUT2D eigenvalue weighted by molar-refractivity contribution is 7.22. The highest BCUT2D eigenvalue weighted by Crippen LogP contribution is 2.32. The lowest BCUT2D eigenvalue weighted by molar-refractivity contribution is 0.887. The summed E-state index contributed by atoms with van der Waals surface area (Å²) in [5.74, 6) is 1.19. The smallest absolute Gasteiger partial charge is 0.189 e. The Hall–Kier alpha value is -2.41. The highest BCUT2D eigenvalue weighted by Gasteiger charge is 2.12. The molecule has 22 heavy (non-hydrogen) atoms. The molecule has 0 saturated heterocycles. The maximum atomic E-state index is 6.13. The van der Waals surface area contributed by atoms with E-state index in [1.165, 1.54) is 6.33 Å². The third-order valence-corrected chi connectivity index (χ3v) is 4.09. The lowest BCUT2D eigenvalue weighted by atomic mass is 10.2. The molecule has 0 aliphatic carbocycles. The van der Waals surface area contributed by atoms with Crippen molar-refractivity contribution in [2.45, 2.75) is 26.8 Å². The number of hydrogen-bond donors (Lipinski definition) is 3. The molecule has 0 spiro atoms. The summed E-state index contributed by atoms with van der Waals surface area (Å²) in [7, 11) is 0. The van der Waals surface area contributed by atoms with Crippen LogP contribution in [0.1, 0.15) is 19.4 Å². The molecule has 0 amide bonds. The predicted octanol–water partition coefficient (Wildman–Crippen LogP) is 3.54. The van der Waals surface area contributed by atoms with Gasteiger partial charge in [0.1, 0.15) is 12.0 Å². The lowest BCUT2D eigenvalue weighted by Gasteiger charge is -2.13. The third-order valence-electron chi connectivity index (χ3n) is 3.16. The second-order valence-corrected chi connectivity index (χ2v) is 6.38. The molecule has 0 aliphatic heterocycles. The molecular weight excluding hydrogens is 296 g/mol. The molecule has 4 N–H and O–H groups in total. The molecule has 114 valence electrons. The van der Waals surface area contributed by atoms with Gasteiger partial charge in [-0.3, -0.25) is 0 Å². The number of hydrogen-bond acceptors (Lipinski definition) is 7. The second-order valence-electron chi connectivity index (χ2n) is 5.35. The first-order valence-corrected chi connectivity index (χ1v) is 7.86. The van der Waals surface area contributed by atoms with Crippen molar-refractivity contribution in [3.63, 3.8) is 0 Å². The van der Waals surface area contributed by atoms with Gasteiger partial charge in [0, 0.05) is 6.04 Å². The van der Waals surface area contributed by atoms with Gasteiger partial charge in [-0.05, 0) is 32.4 Å². The van der Waals surface area contributed by atoms with Crippen LogP contribution in [0.4, 0.5) is 22.5 Å². The third kappa shape index (κ3) is 2.80. The summed E-state index contributed by atoms with van der Waals surface area (Å²) in [6.07, 6.45) is 1.49. The molecule has 0 bridgehead atoms. The van der Waals surface area contributed by atoms with Crippen LogP contribution in [-0.4, -0.2) is 21.0 Å². The molecule has 0 unspecified atom stereocenters. The quantitative estimate of drug-likeness (QED) is 0.682. The van der Waals surface area contributed by atoms with Crippen LogP contribution < -0.4 is 16.4 Å². The number of benzene rings is 1. The van der Waals surface area contributed by atoms with Crippen LogP contribution in [0.15, 0.2) is 24.5 Å². The molecular formula is C15H18N6S. The summed E-state index contributed by atoms with van der Waals surface area (Å²) in [4.78, 5) is 13.0. The minimum atomic E-state index is 0.246. The van der Waals surface area contributed by atoms with Gasteiger partial charge in [0.25, 0.3) is 0 Å². The van der Waals surface area contributed by atoms with Crippen molar-refractivity contribution < 1.29 is 0 Å². The zero-order valence-electron chi connectivity index (χ0n) is 12.7. The van der Waals surface area contributed by atoms with Crippen molar-refractivity contribution >= 4 is 44.0 Å². The zero-order valence-corrected chi connectivity index (χ0v) is 13.5. The Morgan fingerprint density at radius 2 is 1.95 bits per heavy atom. The van der Waals surface area contributed by atoms with Gasteiger partial charge in [-0.15, -0.1) is 0 Å². The fourth-order valence-corrected chi connectivity index (χ4v) is 3.07. The second kappa shape index (κ2) is 5.76. The average Bonchev–Trinajstić information content (AvgIpc) is 2.87. The Kier molecular flexibility index (Phi) is 3.81. The number of anilines is 4. The molecule has 0 aliphatic rings. The summed E-state index contributed by atoms with van der Waals surface area (Å²) < 4.78 is 1.13. The van der Waals surface area contributed by atoms with E-state index in [1.807, 2.05) is 19.9 Å². The van der Waals surface area contributed by atoms with Gasteiger partial charge in [-0.1, -0.05) is 23.5 Å². The van der Waals surface area contributed by atoms with Crippen LogP contribution in [0.3, 0.4) is 0 Å². The maximum absolute atomic E-state index is 6.13. The van der Waals surface area contributed by atoms with E-state index in [0.29, 0.717) is 17.3 Å². The standard InChI is InChI=1S/C15H18N6S/c1-8(2)19-13-11(16)14(18-7-17-13)21-15-20-12-9(3)5-4-6-10(12)22-15/h4-8H,16H2,1-3H3,(H2,17,18,19,20,21). The molecule has 0 radical (unpaired) electrons. The van der Waals surface area contributed by atoms with E-state index in [9.17, 15) is 0 Å². The van der Waals surface area contributed by atoms with Crippen molar-refractivity contribution in [2.24, 2.45) is 0 Å². The minimum Gasteiger partial charge on any atom is -0.393 e. The fourth-order valence-electron chi connectivity index (χ4n) is 2.12. The van der Waals surface area contributed by atoms with E-state index in [4.69, 9.17) is 5.73 Å². The molecule has 0 fully saturated rings. The van der Waals surface area contributed by atoms with E-state index in [1.54, 1.807) is 11.3 Å². The van der Waals surface area contributed by atoms with Gasteiger partial charge in [0.05, 0.1) is 10.2 Å². The first kappa shape index (κ1) is 14.5. The van der Waals surface area contributed by atoms with Crippen LogP contribution >= 0.6 is 11.3 Å². The Balaban J connectivity index is 1.93. The number of para-hydroxylation sites is 1. The number of fused-ring (bicyclic) bond motifs is 1. The normalized spacial score (nSPS) is 11.1. The van der Waals surface area contributed by atoms with Crippen molar-refractivity contribution in [1.29, 1.82) is 0 Å². The predicted molar refractivity (Wildman–Crippen MR) is 92.8 cm³/mol. The summed E-state index contributed by atoms with van der Waals surface area (Å²) in [6.45, 7) is 6.12. The van der Waals surface area contributed by atoms with Gasteiger partial charge in [-0.2, -0.15) is 0 Å². The van der Waals surface area contributed by atoms with Crippen LogP contribution in [0.5, 0.6) is 0 Å². The Labute approximate surface area is 132 Å². The van der Waals surface area contributed by atoms with Crippen LogP contribution in [0.2, 0.25) is 0 Å². The number of nitrogens with one attached hydrogen (secondary N) is 2. The molecule has 2 aromatic heterocycles. The average molecular weight is 314 g/mol. The van der Waals surface area contributed by atoms with E-state index < -0.39 is 0 Å². The molecule has 7 heteroatoms. The number of aromatic nitrogens is 3. The Morgan fingerprint density at radius 3 is 2.68 bits per heavy atom. The molecule has 2 heterocycles. The summed E-state index contributed by atoms with van der Waals surface area (Å²) in [6, 6.07) is 6.38. The molecule has 0 saturated carbocycles. The molecule has 3 rings (SSSR count). The van der Waals surface area contributed by atoms with E-state index in [2.05, 4.69) is 44.6 Å². The van der Waals surface area contributed by atoms with E-state index in [0.717, 1.165) is 20.9 Å². The summed E-state index contributed by atoms with van der Waals surface area (Å²) >= 11 is 1.58. The molecule has 6 nitrogen and oxygen atoms in total. The monoisotopic (exact) mass is 314 g/mol. The van der Waals surface area contributed by atoms with Crippen molar-refractivity contribution in [2.75, 3.05) is 16.4 Å². The number of rotatable bonds is 4. The van der Waals surface area contributed by atoms with Gasteiger partial charge >= 0.3 is 0 Å². The molecule has 1 aromatic carbocycles. The Bertz CT molecular complexity index is 811. The number of nitrogens with zero attached hydrogens (tertiary/aromatic N) is 3. The first-order chi connectivity index (χ1) is 10.5. The van der Waals surface area contributed by atoms with Gasteiger partial charge in [0.2, 0.25) is 0 Å². The van der Waals surface area contributed by atoms with Crippen molar-refractivity contribution in [3.8, 4) is 0 Å². The van der Waals surface area contributed by atoms with E-state index in [-0.39, 0.29) is 6.04 Å².